The Balaban J connectivity index is 1.51. The second-order valence-corrected chi connectivity index (χ2v) is 9.62. The van der Waals surface area contributed by atoms with E-state index in [4.69, 9.17) is 0 Å². The van der Waals surface area contributed by atoms with Crippen LogP contribution in [0, 0.1) is 0 Å². The first-order valence-corrected chi connectivity index (χ1v) is 12.3. The quantitative estimate of drug-likeness (QED) is 0.620. The maximum atomic E-state index is 12.4. The molecule has 0 saturated heterocycles. The van der Waals surface area contributed by atoms with Gasteiger partial charge in [-0.25, -0.2) is 8.42 Å². The highest BCUT2D eigenvalue weighted by atomic mass is 32.2. The highest BCUT2D eigenvalue weighted by molar-refractivity contribution is 7.92. The molecule has 0 atom stereocenters. The van der Waals surface area contributed by atoms with Crippen molar-refractivity contribution in [3.8, 4) is 0 Å². The number of sulfonamides is 1. The Labute approximate surface area is 179 Å². The highest BCUT2D eigenvalue weighted by Gasteiger charge is 2.19. The average molecular weight is 430 g/mol. The summed E-state index contributed by atoms with van der Waals surface area (Å²) in [5, 5.41) is 2.97. The van der Waals surface area contributed by atoms with Crippen LogP contribution in [0.5, 0.6) is 0 Å². The molecule has 0 fully saturated rings. The van der Waals surface area contributed by atoms with Crippen molar-refractivity contribution in [2.75, 3.05) is 41.1 Å². The molecule has 6 nitrogen and oxygen atoms in total. The number of carbonyl (C=O) groups is 1. The van der Waals surface area contributed by atoms with Gasteiger partial charge in [-0.05, 0) is 69.0 Å². The minimum atomic E-state index is -3.32. The number of nitrogens with one attached hydrogen (secondary N) is 1. The van der Waals surface area contributed by atoms with Gasteiger partial charge in [0.05, 0.1) is 11.4 Å². The lowest BCUT2D eigenvalue weighted by Gasteiger charge is -2.31. The molecule has 0 unspecified atom stereocenters. The van der Waals surface area contributed by atoms with Crippen molar-refractivity contribution >= 4 is 27.3 Å². The van der Waals surface area contributed by atoms with E-state index in [1.165, 1.54) is 15.6 Å². The number of para-hydroxylation sites is 1. The molecule has 0 radical (unpaired) electrons. The molecule has 1 aliphatic heterocycles. The second kappa shape index (κ2) is 9.98. The summed E-state index contributed by atoms with van der Waals surface area (Å²) in [5.74, 6) is -0.0908. The zero-order chi connectivity index (χ0) is 21.6. The summed E-state index contributed by atoms with van der Waals surface area (Å²) in [5.41, 5.74) is 3.83. The highest BCUT2D eigenvalue weighted by Crippen LogP contribution is 2.26. The van der Waals surface area contributed by atoms with E-state index < -0.39 is 10.0 Å². The molecule has 1 aliphatic rings. The molecule has 7 heteroatoms. The van der Waals surface area contributed by atoms with Crippen LogP contribution in [0.1, 0.15) is 42.6 Å². The number of aryl methyl sites for hydroxylation is 1. The SMILES string of the molecule is CCN(c1ccc(C(=O)NCCCN2CCCc3ccccc32)cc1)S(=O)(=O)CC. The number of hydrogen-bond donors (Lipinski definition) is 1. The van der Waals surface area contributed by atoms with Gasteiger partial charge in [-0.1, -0.05) is 18.2 Å². The van der Waals surface area contributed by atoms with E-state index in [9.17, 15) is 13.2 Å². The Morgan fingerprint density at radius 3 is 2.53 bits per heavy atom. The van der Waals surface area contributed by atoms with Crippen LogP contribution < -0.4 is 14.5 Å². The van der Waals surface area contributed by atoms with Crippen LogP contribution >= 0.6 is 0 Å². The maximum absolute atomic E-state index is 12.4. The van der Waals surface area contributed by atoms with Gasteiger partial charge in [0.25, 0.3) is 5.91 Å². The van der Waals surface area contributed by atoms with Crippen LogP contribution in [-0.2, 0) is 16.4 Å². The summed E-state index contributed by atoms with van der Waals surface area (Å²) in [6.07, 6.45) is 3.17. The molecule has 30 heavy (non-hydrogen) atoms. The first kappa shape index (κ1) is 22.2. The maximum Gasteiger partial charge on any atom is 0.251 e. The summed E-state index contributed by atoms with van der Waals surface area (Å²) in [7, 11) is -3.32. The van der Waals surface area contributed by atoms with E-state index in [2.05, 4.69) is 34.5 Å². The molecule has 3 rings (SSSR count). The van der Waals surface area contributed by atoms with Crippen LogP contribution in [-0.4, -0.2) is 46.3 Å². The summed E-state index contributed by atoms with van der Waals surface area (Å²) >= 11 is 0. The summed E-state index contributed by atoms with van der Waals surface area (Å²) in [6.45, 7) is 6.36. The van der Waals surface area contributed by atoms with Crippen molar-refractivity contribution in [2.45, 2.75) is 33.1 Å². The van der Waals surface area contributed by atoms with Gasteiger partial charge in [0.2, 0.25) is 10.0 Å². The van der Waals surface area contributed by atoms with Crippen molar-refractivity contribution in [1.82, 2.24) is 5.32 Å². The Kier molecular flexibility index (Phi) is 7.37. The normalized spacial score (nSPS) is 13.6. The number of fused-ring (bicyclic) bond motifs is 1. The monoisotopic (exact) mass is 429 g/mol. The van der Waals surface area contributed by atoms with Crippen LogP contribution in [0.2, 0.25) is 0 Å². The fraction of sp³-hybridized carbons (Fsp3) is 0.435. The van der Waals surface area contributed by atoms with Crippen LogP contribution in [0.25, 0.3) is 0 Å². The smallest absolute Gasteiger partial charge is 0.251 e. The fourth-order valence-electron chi connectivity index (χ4n) is 3.89. The van der Waals surface area contributed by atoms with Gasteiger partial charge in [0.15, 0.2) is 0 Å². The molecule has 1 amide bonds. The molecule has 0 bridgehead atoms. The van der Waals surface area contributed by atoms with Crippen molar-refractivity contribution < 1.29 is 13.2 Å². The van der Waals surface area contributed by atoms with Gasteiger partial charge in [-0.3, -0.25) is 9.10 Å². The number of anilines is 2. The third-order valence-electron chi connectivity index (χ3n) is 5.50. The molecule has 0 aromatic heterocycles. The number of hydrogen-bond acceptors (Lipinski definition) is 4. The molecular formula is C23H31N3O3S. The number of rotatable bonds is 9. The molecule has 2 aromatic rings. The lowest BCUT2D eigenvalue weighted by atomic mass is 10.0. The first-order valence-electron chi connectivity index (χ1n) is 10.7. The predicted molar refractivity (Wildman–Crippen MR) is 123 cm³/mol. The van der Waals surface area contributed by atoms with Crippen molar-refractivity contribution in [3.63, 3.8) is 0 Å². The third-order valence-corrected chi connectivity index (χ3v) is 7.37. The minimum Gasteiger partial charge on any atom is -0.371 e. The van der Waals surface area contributed by atoms with E-state index >= 15 is 0 Å². The molecule has 2 aromatic carbocycles. The van der Waals surface area contributed by atoms with Crippen molar-refractivity contribution in [1.29, 1.82) is 0 Å². The van der Waals surface area contributed by atoms with Gasteiger partial charge < -0.3 is 10.2 Å². The molecule has 0 aliphatic carbocycles. The summed E-state index contributed by atoms with van der Waals surface area (Å²) in [6, 6.07) is 15.3. The molecule has 0 saturated carbocycles. The zero-order valence-electron chi connectivity index (χ0n) is 17.8. The fourth-order valence-corrected chi connectivity index (χ4v) is 5.04. The first-order chi connectivity index (χ1) is 14.5. The molecular weight excluding hydrogens is 398 g/mol. The van der Waals surface area contributed by atoms with Gasteiger partial charge in [0.1, 0.15) is 0 Å². The largest absolute Gasteiger partial charge is 0.371 e. The van der Waals surface area contributed by atoms with Gasteiger partial charge >= 0.3 is 0 Å². The van der Waals surface area contributed by atoms with E-state index in [0.717, 1.165) is 32.4 Å². The van der Waals surface area contributed by atoms with E-state index in [1.807, 2.05) is 0 Å². The second-order valence-electron chi connectivity index (χ2n) is 7.44. The van der Waals surface area contributed by atoms with Crippen LogP contribution in [0.3, 0.4) is 0 Å². The third kappa shape index (κ3) is 5.14. The number of carbonyl (C=O) groups excluding carboxylic acids is 1. The lowest BCUT2D eigenvalue weighted by Crippen LogP contribution is -2.33. The molecule has 1 heterocycles. The number of nitrogens with zero attached hydrogens (tertiary/aromatic N) is 2. The van der Waals surface area contributed by atoms with Crippen molar-refractivity contribution in [2.24, 2.45) is 0 Å². The summed E-state index contributed by atoms with van der Waals surface area (Å²) < 4.78 is 25.7. The Morgan fingerprint density at radius 1 is 1.10 bits per heavy atom. The summed E-state index contributed by atoms with van der Waals surface area (Å²) in [4.78, 5) is 14.8. The minimum absolute atomic E-state index is 0.0462. The van der Waals surface area contributed by atoms with Crippen LogP contribution in [0.4, 0.5) is 11.4 Å². The zero-order valence-corrected chi connectivity index (χ0v) is 18.6. The van der Waals surface area contributed by atoms with Gasteiger partial charge in [0, 0.05) is 37.4 Å². The van der Waals surface area contributed by atoms with Crippen molar-refractivity contribution in [3.05, 3.63) is 59.7 Å². The Hall–Kier alpha value is -2.54. The topological polar surface area (TPSA) is 69.7 Å². The lowest BCUT2D eigenvalue weighted by molar-refractivity contribution is 0.0953. The Bertz CT molecular complexity index is 958. The average Bonchev–Trinajstić information content (AvgIpc) is 2.77. The molecule has 162 valence electrons. The van der Waals surface area contributed by atoms with Crippen LogP contribution in [0.15, 0.2) is 48.5 Å². The van der Waals surface area contributed by atoms with E-state index in [-0.39, 0.29) is 11.7 Å². The van der Waals surface area contributed by atoms with Gasteiger partial charge in [-0.2, -0.15) is 0 Å². The van der Waals surface area contributed by atoms with E-state index in [0.29, 0.717) is 24.3 Å². The predicted octanol–water partition coefficient (Wildman–Crippen LogP) is 3.44. The number of amides is 1. The Morgan fingerprint density at radius 2 is 1.83 bits per heavy atom. The standard InChI is InChI=1S/C23H31N3O3S/c1-3-26(30(28,29)4-2)21-14-12-20(13-15-21)23(27)24-16-8-18-25-17-7-10-19-9-5-6-11-22(19)25/h5-6,9,11-15H,3-4,7-8,10,16-18H2,1-2H3,(H,24,27). The van der Waals surface area contributed by atoms with E-state index in [1.54, 1.807) is 38.1 Å². The number of benzene rings is 2. The van der Waals surface area contributed by atoms with Gasteiger partial charge in [-0.15, -0.1) is 0 Å². The molecule has 0 spiro atoms. The molecule has 1 N–H and O–H groups in total.